The van der Waals surface area contributed by atoms with E-state index in [0.29, 0.717) is 17.2 Å². The Kier molecular flexibility index (Phi) is 7.17. The summed E-state index contributed by atoms with van der Waals surface area (Å²) in [5.41, 5.74) is 3.41. The molecule has 1 amide bonds. The number of amides is 1. The number of carbonyl (C=O) groups is 1. The van der Waals surface area contributed by atoms with E-state index >= 15 is 0 Å². The third-order valence-electron chi connectivity index (χ3n) is 5.52. The van der Waals surface area contributed by atoms with Gasteiger partial charge >= 0.3 is 6.09 Å². The predicted molar refractivity (Wildman–Crippen MR) is 141 cm³/mol. The molecule has 0 N–H and O–H groups in total. The Bertz CT molecular complexity index is 1380. The zero-order chi connectivity index (χ0) is 26.0. The number of pyridine rings is 1. The lowest BCUT2D eigenvalue weighted by atomic mass is 10.1. The molecule has 3 heterocycles. The number of halogens is 1. The highest BCUT2D eigenvalue weighted by molar-refractivity contribution is 6.29. The molecule has 0 atom stereocenters. The van der Waals surface area contributed by atoms with Crippen molar-refractivity contribution in [2.45, 2.75) is 52.7 Å². The average molecular weight is 508 g/mol. The molecule has 0 spiro atoms. The average Bonchev–Trinajstić information content (AvgIpc) is 3.25. The van der Waals surface area contributed by atoms with Gasteiger partial charge in [-0.2, -0.15) is 9.61 Å². The summed E-state index contributed by atoms with van der Waals surface area (Å²) in [7, 11) is 1.62. The van der Waals surface area contributed by atoms with E-state index in [9.17, 15) is 4.79 Å². The molecule has 36 heavy (non-hydrogen) atoms. The number of benzene rings is 1. The Morgan fingerprint density at radius 2 is 1.89 bits per heavy atom. The zero-order valence-electron chi connectivity index (χ0n) is 21.3. The molecule has 0 saturated heterocycles. The second-order valence-corrected chi connectivity index (χ2v) is 10.1. The summed E-state index contributed by atoms with van der Waals surface area (Å²) in [6.45, 7) is 9.85. The normalized spacial score (nSPS) is 11.7. The Morgan fingerprint density at radius 3 is 2.53 bits per heavy atom. The fraction of sp³-hybridized carbons (Fsp3) is 0.333. The van der Waals surface area contributed by atoms with Crippen LogP contribution in [0.4, 0.5) is 10.6 Å². The Hall–Kier alpha value is -3.65. The van der Waals surface area contributed by atoms with E-state index in [1.54, 1.807) is 30.1 Å². The molecule has 3 aromatic heterocycles. The van der Waals surface area contributed by atoms with Gasteiger partial charge in [-0.25, -0.2) is 9.78 Å². The molecular formula is C27H30ClN5O3. The van der Waals surface area contributed by atoms with Gasteiger partial charge in [0.15, 0.2) is 5.65 Å². The quantitative estimate of drug-likeness (QED) is 0.276. The Morgan fingerprint density at radius 1 is 1.17 bits per heavy atom. The molecule has 0 saturated carbocycles. The van der Waals surface area contributed by atoms with E-state index in [2.05, 4.69) is 28.9 Å². The van der Waals surface area contributed by atoms with Crippen LogP contribution in [0.15, 0.2) is 54.9 Å². The minimum atomic E-state index is -0.683. The lowest BCUT2D eigenvalue weighted by Crippen LogP contribution is -2.37. The van der Waals surface area contributed by atoms with Gasteiger partial charge in [0.05, 0.1) is 19.9 Å². The zero-order valence-corrected chi connectivity index (χ0v) is 22.1. The monoisotopic (exact) mass is 507 g/mol. The minimum absolute atomic E-state index is 0.187. The molecule has 9 heteroatoms. The van der Waals surface area contributed by atoms with Gasteiger partial charge < -0.3 is 9.47 Å². The maximum absolute atomic E-state index is 13.4. The van der Waals surface area contributed by atoms with E-state index in [1.165, 1.54) is 4.90 Å². The first-order valence-corrected chi connectivity index (χ1v) is 12.1. The first kappa shape index (κ1) is 25.4. The van der Waals surface area contributed by atoms with Crippen molar-refractivity contribution in [1.82, 2.24) is 19.6 Å². The molecule has 188 valence electrons. The molecule has 0 radical (unpaired) electrons. The van der Waals surface area contributed by atoms with E-state index in [1.807, 2.05) is 57.2 Å². The van der Waals surface area contributed by atoms with Gasteiger partial charge in [-0.3, -0.25) is 9.88 Å². The van der Waals surface area contributed by atoms with Crippen molar-refractivity contribution >= 4 is 29.2 Å². The molecular weight excluding hydrogens is 478 g/mol. The number of rotatable bonds is 6. The van der Waals surface area contributed by atoms with Gasteiger partial charge in [-0.15, -0.1) is 0 Å². The van der Waals surface area contributed by atoms with E-state index < -0.39 is 11.7 Å². The summed E-state index contributed by atoms with van der Waals surface area (Å²) >= 11 is 6.41. The van der Waals surface area contributed by atoms with Gasteiger partial charge in [-0.1, -0.05) is 49.7 Å². The first-order chi connectivity index (χ1) is 17.1. The van der Waals surface area contributed by atoms with Crippen LogP contribution in [0.1, 0.15) is 51.7 Å². The number of hydrogen-bond donors (Lipinski definition) is 0. The highest BCUT2D eigenvalue weighted by Crippen LogP contribution is 2.30. The maximum Gasteiger partial charge on any atom is 0.416 e. The number of ether oxygens (including phenoxy) is 2. The third-order valence-corrected chi connectivity index (χ3v) is 5.71. The third kappa shape index (κ3) is 5.44. The second-order valence-electron chi connectivity index (χ2n) is 9.74. The smallest absolute Gasteiger partial charge is 0.416 e. The highest BCUT2D eigenvalue weighted by Gasteiger charge is 2.27. The lowest BCUT2D eigenvalue weighted by molar-refractivity contribution is 0.0575. The summed E-state index contributed by atoms with van der Waals surface area (Å²) in [6, 6.07) is 13.1. The van der Waals surface area contributed by atoms with E-state index in [4.69, 9.17) is 21.1 Å². The Labute approximate surface area is 215 Å². The summed E-state index contributed by atoms with van der Waals surface area (Å²) in [6.07, 6.45) is 2.97. The lowest BCUT2D eigenvalue weighted by Gasteiger charge is -2.28. The van der Waals surface area contributed by atoms with E-state index in [-0.39, 0.29) is 17.6 Å². The topological polar surface area (TPSA) is 81.8 Å². The van der Waals surface area contributed by atoms with Gasteiger partial charge in [0.2, 0.25) is 0 Å². The van der Waals surface area contributed by atoms with E-state index in [0.717, 1.165) is 22.4 Å². The number of anilines is 1. The molecule has 0 aliphatic heterocycles. The highest BCUT2D eigenvalue weighted by atomic mass is 35.5. The van der Waals surface area contributed by atoms with Crippen LogP contribution >= 0.6 is 11.6 Å². The van der Waals surface area contributed by atoms with Crippen molar-refractivity contribution in [3.8, 4) is 17.0 Å². The van der Waals surface area contributed by atoms with Crippen LogP contribution < -0.4 is 9.64 Å². The number of fused-ring (bicyclic) bond motifs is 1. The van der Waals surface area contributed by atoms with Crippen molar-refractivity contribution in [2.24, 2.45) is 0 Å². The molecule has 0 aliphatic rings. The molecule has 0 unspecified atom stereocenters. The SMILES string of the molecule is COc1cccnc1-c1ccc(CN(C(=O)OC(C)(C)C)c2cc(Cl)nc3c(C(C)C)cnn23)cc1. The molecule has 4 rings (SSSR count). The van der Waals surface area contributed by atoms with Crippen LogP contribution in [0.3, 0.4) is 0 Å². The van der Waals surface area contributed by atoms with Gasteiger partial charge in [0.25, 0.3) is 0 Å². The van der Waals surface area contributed by atoms with Crippen molar-refractivity contribution in [2.75, 3.05) is 12.0 Å². The summed E-state index contributed by atoms with van der Waals surface area (Å²) in [5.74, 6) is 1.35. The predicted octanol–water partition coefficient (Wildman–Crippen LogP) is 6.52. The minimum Gasteiger partial charge on any atom is -0.494 e. The van der Waals surface area contributed by atoms with Crippen LogP contribution in [0.5, 0.6) is 5.75 Å². The molecule has 8 nitrogen and oxygen atoms in total. The maximum atomic E-state index is 13.4. The standard InChI is InChI=1S/C27H30ClN5O3/c1-17(2)20-15-30-33-23(14-22(28)31-25(20)33)32(26(34)36-27(3,4)5)16-18-9-11-19(12-10-18)24-21(35-6)8-7-13-29-24/h7-15,17H,16H2,1-6H3. The van der Waals surface area contributed by atoms with Gasteiger partial charge in [0.1, 0.15) is 28.0 Å². The van der Waals surface area contributed by atoms with Crippen molar-refractivity contribution in [3.63, 3.8) is 0 Å². The van der Waals surface area contributed by atoms with Crippen molar-refractivity contribution in [3.05, 3.63) is 71.1 Å². The number of carbonyl (C=O) groups excluding carboxylic acids is 1. The molecule has 4 aromatic rings. The first-order valence-electron chi connectivity index (χ1n) is 11.7. The van der Waals surface area contributed by atoms with Crippen LogP contribution in [0.25, 0.3) is 16.9 Å². The van der Waals surface area contributed by atoms with Crippen LogP contribution in [-0.2, 0) is 11.3 Å². The summed E-state index contributed by atoms with van der Waals surface area (Å²) in [5, 5.41) is 4.79. The molecule has 0 bridgehead atoms. The number of hydrogen-bond acceptors (Lipinski definition) is 6. The number of methoxy groups -OCH3 is 1. The largest absolute Gasteiger partial charge is 0.494 e. The Balaban J connectivity index is 1.74. The van der Waals surface area contributed by atoms with Crippen LogP contribution in [0.2, 0.25) is 5.15 Å². The summed E-state index contributed by atoms with van der Waals surface area (Å²) < 4.78 is 12.8. The van der Waals surface area contributed by atoms with Crippen LogP contribution in [-0.4, -0.2) is 38.4 Å². The van der Waals surface area contributed by atoms with Gasteiger partial charge in [0, 0.05) is 23.4 Å². The van der Waals surface area contributed by atoms with Gasteiger partial charge in [-0.05, 0) is 44.4 Å². The molecule has 1 aromatic carbocycles. The van der Waals surface area contributed by atoms with Crippen LogP contribution in [0, 0.1) is 0 Å². The fourth-order valence-corrected chi connectivity index (χ4v) is 3.99. The second kappa shape index (κ2) is 10.1. The molecule has 0 fully saturated rings. The fourth-order valence-electron chi connectivity index (χ4n) is 3.81. The molecule has 0 aliphatic carbocycles. The van der Waals surface area contributed by atoms with Crippen molar-refractivity contribution < 1.29 is 14.3 Å². The summed E-state index contributed by atoms with van der Waals surface area (Å²) in [4.78, 5) is 23.8. The number of nitrogens with zero attached hydrogens (tertiary/aromatic N) is 5. The van der Waals surface area contributed by atoms with Crippen molar-refractivity contribution in [1.29, 1.82) is 0 Å². The number of aromatic nitrogens is 4.